The lowest BCUT2D eigenvalue weighted by atomic mass is 9.96. The lowest BCUT2D eigenvalue weighted by Crippen LogP contribution is -2.36. The molecule has 3 heterocycles. The highest BCUT2D eigenvalue weighted by Crippen LogP contribution is 2.30. The first-order valence-electron chi connectivity index (χ1n) is 8.84. The van der Waals surface area contributed by atoms with E-state index in [0.717, 1.165) is 22.9 Å². The molecule has 3 aromatic rings. The fourth-order valence-electron chi connectivity index (χ4n) is 3.56. The van der Waals surface area contributed by atoms with Crippen molar-refractivity contribution in [1.82, 2.24) is 19.7 Å². The normalized spacial score (nSPS) is 14.7. The maximum atomic E-state index is 14.9. The number of benzene rings is 1. The molecule has 0 saturated carbocycles. The Labute approximate surface area is 151 Å². The molecule has 0 fully saturated rings. The van der Waals surface area contributed by atoms with Gasteiger partial charge in [0.2, 0.25) is 5.91 Å². The number of aromatic nitrogens is 3. The molecule has 1 aliphatic rings. The van der Waals surface area contributed by atoms with Gasteiger partial charge < -0.3 is 9.88 Å². The van der Waals surface area contributed by atoms with Crippen molar-refractivity contribution in [3.63, 3.8) is 0 Å². The molecule has 6 heteroatoms. The van der Waals surface area contributed by atoms with Crippen LogP contribution in [0.2, 0.25) is 0 Å². The quantitative estimate of drug-likeness (QED) is 0.781. The average Bonchev–Trinajstić information content (AvgIpc) is 3.34. The number of nitrogens with one attached hydrogen (secondary N) is 1. The Morgan fingerprint density at radius 2 is 2.31 bits per heavy atom. The van der Waals surface area contributed by atoms with E-state index in [9.17, 15) is 9.18 Å². The van der Waals surface area contributed by atoms with Gasteiger partial charge in [-0.05, 0) is 42.7 Å². The number of carbonyl (C=O) groups excluding carboxylic acids is 1. The number of nitrogens with zero attached hydrogens (tertiary/aromatic N) is 3. The average molecular weight is 352 g/mol. The summed E-state index contributed by atoms with van der Waals surface area (Å²) in [5.74, 6) is -0.170. The van der Waals surface area contributed by atoms with Crippen LogP contribution in [0.25, 0.3) is 16.5 Å². The topological polar surface area (TPSA) is 53.9 Å². The van der Waals surface area contributed by atoms with Crippen LogP contribution in [0.5, 0.6) is 0 Å². The zero-order valence-corrected chi connectivity index (χ0v) is 14.7. The van der Waals surface area contributed by atoms with Crippen molar-refractivity contribution in [2.24, 2.45) is 0 Å². The number of fused-ring (bicyclic) bond motifs is 1. The Kier molecular flexibility index (Phi) is 4.32. The van der Waals surface area contributed by atoms with Gasteiger partial charge in [-0.3, -0.25) is 9.48 Å². The highest BCUT2D eigenvalue weighted by atomic mass is 19.1. The van der Waals surface area contributed by atoms with Crippen molar-refractivity contribution in [2.75, 3.05) is 13.1 Å². The van der Waals surface area contributed by atoms with E-state index in [-0.39, 0.29) is 11.7 Å². The molecule has 1 N–H and O–H groups in total. The molecular weight excluding hydrogens is 331 g/mol. The summed E-state index contributed by atoms with van der Waals surface area (Å²) in [7, 11) is 0. The third kappa shape index (κ3) is 3.03. The van der Waals surface area contributed by atoms with Gasteiger partial charge in [0.15, 0.2) is 5.82 Å². The van der Waals surface area contributed by atoms with Gasteiger partial charge in [-0.2, -0.15) is 5.10 Å². The monoisotopic (exact) mass is 352 g/mol. The van der Waals surface area contributed by atoms with Gasteiger partial charge in [0.25, 0.3) is 0 Å². The zero-order chi connectivity index (χ0) is 18.1. The van der Waals surface area contributed by atoms with Crippen molar-refractivity contribution in [3.05, 3.63) is 59.8 Å². The van der Waals surface area contributed by atoms with Gasteiger partial charge in [0, 0.05) is 55.6 Å². The molecule has 1 aliphatic heterocycles. The fourth-order valence-corrected chi connectivity index (χ4v) is 3.56. The molecule has 0 bridgehead atoms. The summed E-state index contributed by atoms with van der Waals surface area (Å²) in [6.45, 7) is 3.66. The number of amides is 1. The minimum atomic E-state index is -0.243. The first-order valence-corrected chi connectivity index (χ1v) is 8.84. The number of rotatable bonds is 4. The van der Waals surface area contributed by atoms with Crippen molar-refractivity contribution in [3.8, 4) is 0 Å². The van der Waals surface area contributed by atoms with E-state index < -0.39 is 0 Å². The van der Waals surface area contributed by atoms with Crippen LogP contribution in [-0.4, -0.2) is 38.7 Å². The van der Waals surface area contributed by atoms with Crippen LogP contribution >= 0.6 is 0 Å². The SMILES string of the molecule is Cc1cc(C2=CCCN(C(=O)CCn3cccn3)C2)c(F)c2[nH]ccc12. The second-order valence-electron chi connectivity index (χ2n) is 6.67. The van der Waals surface area contributed by atoms with Gasteiger partial charge in [0.05, 0.1) is 5.52 Å². The zero-order valence-electron chi connectivity index (χ0n) is 14.7. The molecule has 1 amide bonds. The van der Waals surface area contributed by atoms with E-state index in [1.165, 1.54) is 0 Å². The third-order valence-electron chi connectivity index (χ3n) is 4.95. The summed E-state index contributed by atoms with van der Waals surface area (Å²) in [5.41, 5.74) is 3.02. The Morgan fingerprint density at radius 1 is 1.42 bits per heavy atom. The van der Waals surface area contributed by atoms with E-state index in [2.05, 4.69) is 10.1 Å². The highest BCUT2D eigenvalue weighted by Gasteiger charge is 2.22. The smallest absolute Gasteiger partial charge is 0.224 e. The van der Waals surface area contributed by atoms with Crippen molar-refractivity contribution < 1.29 is 9.18 Å². The number of carbonyl (C=O) groups is 1. The van der Waals surface area contributed by atoms with Crippen LogP contribution in [0, 0.1) is 12.7 Å². The second-order valence-corrected chi connectivity index (χ2v) is 6.67. The molecule has 0 radical (unpaired) electrons. The van der Waals surface area contributed by atoms with Crippen LogP contribution in [0.15, 0.2) is 42.9 Å². The molecule has 0 saturated heterocycles. The maximum Gasteiger partial charge on any atom is 0.224 e. The summed E-state index contributed by atoms with van der Waals surface area (Å²) in [5, 5.41) is 5.02. The van der Waals surface area contributed by atoms with Crippen LogP contribution < -0.4 is 0 Å². The predicted octanol–water partition coefficient (Wildman–Crippen LogP) is 3.52. The molecule has 4 rings (SSSR count). The minimum absolute atomic E-state index is 0.0733. The predicted molar refractivity (Wildman–Crippen MR) is 99.0 cm³/mol. The van der Waals surface area contributed by atoms with Crippen molar-refractivity contribution in [1.29, 1.82) is 0 Å². The number of hydrogen-bond acceptors (Lipinski definition) is 2. The van der Waals surface area contributed by atoms with Crippen LogP contribution in [0.3, 0.4) is 0 Å². The number of aryl methyl sites for hydroxylation is 2. The Morgan fingerprint density at radius 3 is 3.12 bits per heavy atom. The molecule has 0 atom stereocenters. The molecule has 134 valence electrons. The molecule has 0 aliphatic carbocycles. The lowest BCUT2D eigenvalue weighted by Gasteiger charge is -2.28. The van der Waals surface area contributed by atoms with Crippen molar-refractivity contribution in [2.45, 2.75) is 26.3 Å². The molecule has 0 unspecified atom stereocenters. The molecular formula is C20H21FN4O. The number of aromatic amines is 1. The van der Waals surface area contributed by atoms with Gasteiger partial charge in [0.1, 0.15) is 0 Å². The maximum absolute atomic E-state index is 14.9. The fraction of sp³-hybridized carbons (Fsp3) is 0.300. The molecule has 1 aromatic carbocycles. The van der Waals surface area contributed by atoms with E-state index in [1.807, 2.05) is 42.3 Å². The highest BCUT2D eigenvalue weighted by molar-refractivity contribution is 5.88. The molecule has 2 aromatic heterocycles. The third-order valence-corrected chi connectivity index (χ3v) is 4.95. The summed E-state index contributed by atoms with van der Waals surface area (Å²) in [6, 6.07) is 5.61. The van der Waals surface area contributed by atoms with E-state index in [4.69, 9.17) is 0 Å². The van der Waals surface area contributed by atoms with E-state index in [1.54, 1.807) is 17.1 Å². The number of halogens is 1. The first-order chi connectivity index (χ1) is 12.6. The van der Waals surface area contributed by atoms with E-state index in [0.29, 0.717) is 37.1 Å². The summed E-state index contributed by atoms with van der Waals surface area (Å²) >= 11 is 0. The summed E-state index contributed by atoms with van der Waals surface area (Å²) < 4.78 is 16.7. The number of hydrogen-bond donors (Lipinski definition) is 1. The van der Waals surface area contributed by atoms with Crippen LogP contribution in [-0.2, 0) is 11.3 Å². The second kappa shape index (κ2) is 6.78. The van der Waals surface area contributed by atoms with Gasteiger partial charge in [-0.25, -0.2) is 4.39 Å². The summed E-state index contributed by atoms with van der Waals surface area (Å²) in [4.78, 5) is 17.3. The van der Waals surface area contributed by atoms with Gasteiger partial charge in [-0.1, -0.05) is 6.08 Å². The summed E-state index contributed by atoms with van der Waals surface area (Å²) in [6.07, 6.45) is 8.48. The first kappa shape index (κ1) is 16.6. The van der Waals surface area contributed by atoms with Gasteiger partial charge in [-0.15, -0.1) is 0 Å². The lowest BCUT2D eigenvalue weighted by molar-refractivity contribution is -0.131. The Bertz CT molecular complexity index is 971. The number of H-pyrrole nitrogens is 1. The molecule has 5 nitrogen and oxygen atoms in total. The molecule has 0 spiro atoms. The minimum Gasteiger partial charge on any atom is -0.359 e. The molecule has 26 heavy (non-hydrogen) atoms. The van der Waals surface area contributed by atoms with Gasteiger partial charge >= 0.3 is 0 Å². The largest absolute Gasteiger partial charge is 0.359 e. The van der Waals surface area contributed by atoms with Crippen molar-refractivity contribution >= 4 is 22.4 Å². The Hall–Kier alpha value is -2.89. The van der Waals surface area contributed by atoms with Crippen LogP contribution in [0.4, 0.5) is 4.39 Å². The Balaban J connectivity index is 1.52. The van der Waals surface area contributed by atoms with E-state index >= 15 is 0 Å². The standard InChI is InChI=1S/C20H21FN4O/c1-14-12-17(19(21)20-16(14)5-8-22-20)15-4-2-9-24(13-15)18(26)6-11-25-10-3-7-23-25/h3-5,7-8,10,12,22H,2,6,9,11,13H2,1H3. The van der Waals surface area contributed by atoms with Crippen LogP contribution in [0.1, 0.15) is 24.0 Å².